The van der Waals surface area contributed by atoms with Crippen LogP contribution in [-0.4, -0.2) is 58.9 Å². The molecule has 38 heavy (non-hydrogen) atoms. The van der Waals surface area contributed by atoms with Crippen LogP contribution in [0.5, 0.6) is 0 Å². The van der Waals surface area contributed by atoms with Gasteiger partial charge in [0.15, 0.2) is 24.1 Å². The van der Waals surface area contributed by atoms with Gasteiger partial charge in [0.05, 0.1) is 25.4 Å². The number of nitrogens with two attached hydrogens (primary N) is 1. The molecule has 2 aromatic heterocycles. The van der Waals surface area contributed by atoms with Crippen molar-refractivity contribution in [3.05, 3.63) is 23.7 Å². The molecule has 0 unspecified atom stereocenters. The molecule has 1 saturated carbocycles. The lowest BCUT2D eigenvalue weighted by molar-refractivity contribution is -0.213. The second-order valence-electron chi connectivity index (χ2n) is 9.02. The van der Waals surface area contributed by atoms with E-state index in [1.807, 2.05) is 0 Å². The van der Waals surface area contributed by atoms with Crippen LogP contribution in [0, 0.1) is 5.92 Å². The van der Waals surface area contributed by atoms with Gasteiger partial charge in [-0.2, -0.15) is 13.2 Å². The van der Waals surface area contributed by atoms with E-state index in [-0.39, 0.29) is 43.4 Å². The van der Waals surface area contributed by atoms with E-state index in [9.17, 15) is 25.8 Å². The van der Waals surface area contributed by atoms with E-state index in [2.05, 4.69) is 53.6 Å². The Kier molecular flexibility index (Phi) is 18.3. The molecule has 3 rings (SSSR count). The van der Waals surface area contributed by atoms with E-state index in [0.717, 1.165) is 16.8 Å². The molecule has 0 radical (unpaired) electrons. The Bertz CT molecular complexity index is 894. The highest BCUT2D eigenvalue weighted by Gasteiger charge is 2.36. The van der Waals surface area contributed by atoms with Crippen molar-refractivity contribution in [2.75, 3.05) is 26.7 Å². The molecule has 2 heterocycles. The van der Waals surface area contributed by atoms with Gasteiger partial charge in [-0.3, -0.25) is 4.72 Å². The number of halogens is 6. The topological polar surface area (TPSA) is 90.0 Å². The van der Waals surface area contributed by atoms with Gasteiger partial charge in [0, 0.05) is 13.0 Å². The summed E-state index contributed by atoms with van der Waals surface area (Å²) in [6.45, 7) is 5.67. The van der Waals surface area contributed by atoms with Gasteiger partial charge in [-0.1, -0.05) is 52.8 Å². The second-order valence-corrected chi connectivity index (χ2v) is 9.97. The smallest absolute Gasteiger partial charge is 0.369 e. The van der Waals surface area contributed by atoms with Crippen molar-refractivity contribution >= 4 is 36.3 Å². The number of thiol groups is 1. The van der Waals surface area contributed by atoms with Crippen LogP contribution in [0.3, 0.4) is 0 Å². The maximum Gasteiger partial charge on any atom is 0.414 e. The molecule has 7 nitrogen and oxygen atoms in total. The maximum absolute atomic E-state index is 13.3. The fourth-order valence-electron chi connectivity index (χ4n) is 2.23. The van der Waals surface area contributed by atoms with E-state index in [4.69, 9.17) is 10.5 Å². The molecule has 1 fully saturated rings. The van der Waals surface area contributed by atoms with Crippen LogP contribution in [0.1, 0.15) is 58.5 Å². The third-order valence-corrected chi connectivity index (χ3v) is 4.71. The number of aromatic nitrogens is 3. The largest absolute Gasteiger partial charge is 0.414 e. The number of fused-ring (bicyclic) bond motifs is 1. The molecule has 1 atom stereocenters. The van der Waals surface area contributed by atoms with Gasteiger partial charge in [0.1, 0.15) is 11.3 Å². The average molecular weight is 595 g/mol. The minimum Gasteiger partial charge on any atom is -0.369 e. The van der Waals surface area contributed by atoms with Gasteiger partial charge in [0.2, 0.25) is 0 Å². The van der Waals surface area contributed by atoms with Gasteiger partial charge in [0.25, 0.3) is 5.92 Å². The highest BCUT2D eigenvalue weighted by atomic mass is 32.2. The van der Waals surface area contributed by atoms with Crippen molar-refractivity contribution in [1.82, 2.24) is 24.0 Å². The molecule has 222 valence electrons. The summed E-state index contributed by atoms with van der Waals surface area (Å²) >= 11 is 3.37. The number of ether oxygens (including phenoxy) is 1. The summed E-state index contributed by atoms with van der Waals surface area (Å²) in [5, 5.41) is 2.52. The molecule has 0 saturated heterocycles. The summed E-state index contributed by atoms with van der Waals surface area (Å²) in [6.07, 6.45) is -2.01. The van der Waals surface area contributed by atoms with Crippen LogP contribution < -0.4 is 15.8 Å². The van der Waals surface area contributed by atoms with E-state index >= 15 is 0 Å². The quantitative estimate of drug-likeness (QED) is 0.202. The molecule has 0 aromatic carbocycles. The van der Waals surface area contributed by atoms with Crippen LogP contribution in [0.2, 0.25) is 0 Å². The number of hydrogen-bond acceptors (Lipinski definition) is 8. The molecule has 0 amide bonds. The third kappa shape index (κ3) is 16.6. The summed E-state index contributed by atoms with van der Waals surface area (Å²) in [6, 6.07) is 3.01. The van der Waals surface area contributed by atoms with Crippen LogP contribution in [-0.2, 0) is 17.7 Å². The zero-order chi connectivity index (χ0) is 29.4. The SMILES string of the molecule is C1CC1.CC(C)C.CNS.C[C@@H](OCCc1nc2nc(CNCC(F)(F)CN)ccc2n1SF)C(F)(F)F. The van der Waals surface area contributed by atoms with Crippen molar-refractivity contribution in [2.24, 2.45) is 11.7 Å². The summed E-state index contributed by atoms with van der Waals surface area (Å²) < 4.78 is 85.1. The van der Waals surface area contributed by atoms with Crippen LogP contribution in [0.15, 0.2) is 12.1 Å². The fourth-order valence-corrected chi connectivity index (χ4v) is 2.66. The Morgan fingerprint density at radius 2 is 1.66 bits per heavy atom. The van der Waals surface area contributed by atoms with Gasteiger partial charge < -0.3 is 15.8 Å². The fraction of sp³-hybridized carbons (Fsp3) is 0.739. The van der Waals surface area contributed by atoms with E-state index in [1.165, 1.54) is 31.4 Å². The lowest BCUT2D eigenvalue weighted by Crippen LogP contribution is -2.38. The first-order valence-corrected chi connectivity index (χ1v) is 13.3. The number of hydrogen-bond donors (Lipinski definition) is 4. The van der Waals surface area contributed by atoms with Crippen molar-refractivity contribution in [3.8, 4) is 0 Å². The number of rotatable bonds is 10. The zero-order valence-corrected chi connectivity index (χ0v) is 24.1. The lowest BCUT2D eigenvalue weighted by atomic mass is 10.3. The Labute approximate surface area is 231 Å². The van der Waals surface area contributed by atoms with Gasteiger partial charge in [-0.05, 0) is 32.0 Å². The zero-order valence-electron chi connectivity index (χ0n) is 22.4. The maximum atomic E-state index is 13.3. The first-order chi connectivity index (χ1) is 17.7. The highest BCUT2D eigenvalue weighted by Crippen LogP contribution is 2.24. The molecule has 1 aliphatic carbocycles. The molecule has 4 N–H and O–H groups in total. The number of alkyl halides is 5. The van der Waals surface area contributed by atoms with Crippen LogP contribution >= 0.6 is 25.1 Å². The highest BCUT2D eigenvalue weighted by molar-refractivity contribution is 7.92. The minimum absolute atomic E-state index is 0.0166. The number of imidazole rings is 1. The molecular formula is C23H40F6N6OS2. The van der Waals surface area contributed by atoms with E-state index in [1.54, 1.807) is 7.05 Å². The minimum atomic E-state index is -4.49. The molecule has 0 bridgehead atoms. The Balaban J connectivity index is 0.00000116. The van der Waals surface area contributed by atoms with Crippen LogP contribution in [0.25, 0.3) is 11.2 Å². The summed E-state index contributed by atoms with van der Waals surface area (Å²) in [5.41, 5.74) is 5.79. The monoisotopic (exact) mass is 594 g/mol. The summed E-state index contributed by atoms with van der Waals surface area (Å²) in [5.74, 6) is -2.07. The van der Waals surface area contributed by atoms with E-state index in [0.29, 0.717) is 11.2 Å². The number of nitrogens with zero attached hydrogens (tertiary/aromatic N) is 3. The molecule has 15 heteroatoms. The first kappa shape index (κ1) is 36.7. The van der Waals surface area contributed by atoms with Gasteiger partial charge >= 0.3 is 6.18 Å². The summed E-state index contributed by atoms with van der Waals surface area (Å²) in [7, 11) is 1.74. The number of pyridine rings is 1. The van der Waals surface area contributed by atoms with Crippen LogP contribution in [0.4, 0.5) is 25.8 Å². The molecule has 2 aromatic rings. The van der Waals surface area contributed by atoms with Crippen molar-refractivity contribution in [2.45, 2.75) is 78.1 Å². The number of nitrogens with one attached hydrogen (secondary N) is 2. The van der Waals surface area contributed by atoms with Gasteiger partial charge in [-0.25, -0.2) is 22.7 Å². The normalized spacial score (nSPS) is 13.6. The Hall–Kier alpha value is -1.26. The van der Waals surface area contributed by atoms with Crippen molar-refractivity contribution in [1.29, 1.82) is 0 Å². The molecular weight excluding hydrogens is 554 g/mol. The van der Waals surface area contributed by atoms with E-state index < -0.39 is 31.3 Å². The Morgan fingerprint density at radius 1 is 1.11 bits per heavy atom. The predicted octanol–water partition coefficient (Wildman–Crippen LogP) is 5.89. The molecule has 0 aliphatic heterocycles. The van der Waals surface area contributed by atoms with Crippen molar-refractivity contribution < 1.29 is 30.6 Å². The molecule has 1 aliphatic rings. The average Bonchev–Trinajstić information content (AvgIpc) is 3.66. The van der Waals surface area contributed by atoms with Gasteiger partial charge in [-0.15, -0.1) is 3.89 Å². The Morgan fingerprint density at radius 3 is 2.11 bits per heavy atom. The first-order valence-electron chi connectivity index (χ1n) is 12.2. The predicted molar refractivity (Wildman–Crippen MR) is 145 cm³/mol. The second kappa shape index (κ2) is 18.9. The molecule has 0 spiro atoms. The lowest BCUT2D eigenvalue weighted by Gasteiger charge is -2.15. The third-order valence-electron chi connectivity index (χ3n) is 4.17. The standard InChI is InChI=1S/C15H19F6N5OS.C4H10.C3H6.CH5NS/c1-9(15(18,19)20)27-5-4-12-25-13-11(26(12)28-21)3-2-10(24-13)6-23-8-14(16,17)7-22;1-4(2)3;1-2-3-1;1-2-3/h2-3,9,23H,4-8,22H2,1H3;4H,1-3H3;1-3H2;2-3H,1H3/t9-;;;/m1.../s1. The summed E-state index contributed by atoms with van der Waals surface area (Å²) in [4.78, 5) is 8.27. The van der Waals surface area contributed by atoms with Crippen molar-refractivity contribution in [3.63, 3.8) is 0 Å².